The summed E-state index contributed by atoms with van der Waals surface area (Å²) >= 11 is 2.63. The van der Waals surface area contributed by atoms with Crippen LogP contribution in [0.1, 0.15) is 22.2 Å². The molecular formula is C18H16N2O3S2. The summed E-state index contributed by atoms with van der Waals surface area (Å²) in [5, 5.41) is 6.85. The van der Waals surface area contributed by atoms with Gasteiger partial charge in [-0.3, -0.25) is 10.1 Å². The van der Waals surface area contributed by atoms with Crippen molar-refractivity contribution in [2.75, 3.05) is 5.32 Å². The Morgan fingerprint density at radius 2 is 1.92 bits per heavy atom. The first kappa shape index (κ1) is 17.3. The summed E-state index contributed by atoms with van der Waals surface area (Å²) in [4.78, 5) is 29.2. The van der Waals surface area contributed by atoms with Gasteiger partial charge in [-0.2, -0.15) is 0 Å². The number of hydrogen-bond acceptors (Lipinski definition) is 6. The molecule has 2 aromatic heterocycles. The maximum Gasteiger partial charge on any atom is 0.349 e. The zero-order valence-corrected chi connectivity index (χ0v) is 15.3. The Morgan fingerprint density at radius 3 is 2.60 bits per heavy atom. The van der Waals surface area contributed by atoms with Gasteiger partial charge < -0.3 is 4.74 Å². The third kappa shape index (κ3) is 4.12. The fourth-order valence-corrected chi connectivity index (χ4v) is 3.66. The SMILES string of the molecule is Cc1ccsc1C(=O)O[C@@H](C)C(=O)Nc1nc(-c2ccccc2)cs1. The van der Waals surface area contributed by atoms with Gasteiger partial charge in [-0.1, -0.05) is 30.3 Å². The van der Waals surface area contributed by atoms with Gasteiger partial charge in [0.2, 0.25) is 0 Å². The molecule has 1 atom stereocenters. The van der Waals surface area contributed by atoms with Gasteiger partial charge in [-0.05, 0) is 30.9 Å². The average molecular weight is 372 g/mol. The number of benzene rings is 1. The molecule has 1 N–H and O–H groups in total. The lowest BCUT2D eigenvalue weighted by molar-refractivity contribution is -0.123. The number of nitrogens with one attached hydrogen (secondary N) is 1. The second-order valence-electron chi connectivity index (χ2n) is 5.37. The van der Waals surface area contributed by atoms with Crippen molar-refractivity contribution in [3.63, 3.8) is 0 Å². The van der Waals surface area contributed by atoms with E-state index >= 15 is 0 Å². The summed E-state index contributed by atoms with van der Waals surface area (Å²) < 4.78 is 5.24. The highest BCUT2D eigenvalue weighted by Gasteiger charge is 2.21. The lowest BCUT2D eigenvalue weighted by Crippen LogP contribution is -2.29. The minimum absolute atomic E-state index is 0.406. The molecule has 0 aliphatic heterocycles. The normalized spacial score (nSPS) is 11.8. The van der Waals surface area contributed by atoms with Crippen LogP contribution in [0.15, 0.2) is 47.2 Å². The van der Waals surface area contributed by atoms with Crippen LogP contribution in [0, 0.1) is 6.92 Å². The fourth-order valence-electron chi connectivity index (χ4n) is 2.13. The lowest BCUT2D eigenvalue weighted by Gasteiger charge is -2.12. The quantitative estimate of drug-likeness (QED) is 0.676. The number of thiazole rings is 1. The molecule has 7 heteroatoms. The number of thiophene rings is 1. The molecule has 1 amide bonds. The number of anilines is 1. The van der Waals surface area contributed by atoms with Crippen LogP contribution < -0.4 is 5.32 Å². The van der Waals surface area contributed by atoms with Crippen LogP contribution in [0.25, 0.3) is 11.3 Å². The minimum Gasteiger partial charge on any atom is -0.448 e. The monoisotopic (exact) mass is 372 g/mol. The van der Waals surface area contributed by atoms with E-state index in [2.05, 4.69) is 10.3 Å². The summed E-state index contributed by atoms with van der Waals surface area (Å²) in [6.07, 6.45) is -0.905. The highest BCUT2D eigenvalue weighted by Crippen LogP contribution is 2.25. The highest BCUT2D eigenvalue weighted by atomic mass is 32.1. The molecule has 0 aliphatic rings. The third-order valence-corrected chi connectivity index (χ3v) is 5.26. The van der Waals surface area contributed by atoms with Crippen molar-refractivity contribution in [1.82, 2.24) is 4.98 Å². The van der Waals surface area contributed by atoms with Gasteiger partial charge in [0, 0.05) is 10.9 Å². The summed E-state index contributed by atoms with van der Waals surface area (Å²) in [7, 11) is 0. The van der Waals surface area contributed by atoms with Crippen molar-refractivity contribution >= 4 is 39.7 Å². The summed E-state index contributed by atoms with van der Waals surface area (Å²) in [6.45, 7) is 3.38. The van der Waals surface area contributed by atoms with Crippen LogP contribution in [0.5, 0.6) is 0 Å². The average Bonchev–Trinajstić information content (AvgIpc) is 3.24. The van der Waals surface area contributed by atoms with E-state index in [-0.39, 0.29) is 0 Å². The van der Waals surface area contributed by atoms with E-state index in [9.17, 15) is 9.59 Å². The molecule has 2 heterocycles. The Morgan fingerprint density at radius 1 is 1.16 bits per heavy atom. The Balaban J connectivity index is 1.61. The first-order valence-electron chi connectivity index (χ1n) is 7.61. The molecule has 0 aliphatic carbocycles. The number of hydrogen-bond donors (Lipinski definition) is 1. The Hall–Kier alpha value is -2.51. The second kappa shape index (κ2) is 7.58. The maximum absolute atomic E-state index is 12.2. The molecule has 0 saturated carbocycles. The molecule has 0 unspecified atom stereocenters. The molecule has 0 radical (unpaired) electrons. The van der Waals surface area contributed by atoms with E-state index in [1.54, 1.807) is 6.92 Å². The van der Waals surface area contributed by atoms with Crippen molar-refractivity contribution < 1.29 is 14.3 Å². The smallest absolute Gasteiger partial charge is 0.349 e. The molecule has 1 aromatic carbocycles. The lowest BCUT2D eigenvalue weighted by atomic mass is 10.2. The van der Waals surface area contributed by atoms with Crippen LogP contribution >= 0.6 is 22.7 Å². The van der Waals surface area contributed by atoms with E-state index < -0.39 is 18.0 Å². The first-order chi connectivity index (χ1) is 12.0. The van der Waals surface area contributed by atoms with Gasteiger partial charge in [-0.15, -0.1) is 22.7 Å². The van der Waals surface area contributed by atoms with Gasteiger partial charge in [0.1, 0.15) is 4.88 Å². The van der Waals surface area contributed by atoms with Crippen molar-refractivity contribution in [1.29, 1.82) is 0 Å². The van der Waals surface area contributed by atoms with Gasteiger partial charge >= 0.3 is 5.97 Å². The van der Waals surface area contributed by atoms with E-state index in [1.807, 2.05) is 54.1 Å². The Kier molecular flexibility index (Phi) is 5.25. The Labute approximate surface area is 153 Å². The standard InChI is InChI=1S/C18H16N2O3S2/c1-11-8-9-24-15(11)17(22)23-12(2)16(21)20-18-19-14(10-25-18)13-6-4-3-5-7-13/h3-10,12H,1-2H3,(H,19,20,21)/t12-/m0/s1. The van der Waals surface area contributed by atoms with Crippen molar-refractivity contribution in [3.8, 4) is 11.3 Å². The largest absolute Gasteiger partial charge is 0.448 e. The molecular weight excluding hydrogens is 356 g/mol. The van der Waals surface area contributed by atoms with Crippen LogP contribution in [0.4, 0.5) is 5.13 Å². The van der Waals surface area contributed by atoms with E-state index in [0.717, 1.165) is 16.8 Å². The molecule has 3 aromatic rings. The number of aromatic nitrogens is 1. The molecule has 5 nitrogen and oxygen atoms in total. The second-order valence-corrected chi connectivity index (χ2v) is 7.15. The third-order valence-electron chi connectivity index (χ3n) is 3.50. The summed E-state index contributed by atoms with van der Waals surface area (Å²) in [6, 6.07) is 11.5. The number of ether oxygens (including phenoxy) is 1. The maximum atomic E-state index is 12.2. The van der Waals surface area contributed by atoms with E-state index in [4.69, 9.17) is 4.74 Å². The Bertz CT molecular complexity index is 887. The molecule has 25 heavy (non-hydrogen) atoms. The predicted molar refractivity (Wildman–Crippen MR) is 100 cm³/mol. The van der Waals surface area contributed by atoms with E-state index in [1.165, 1.54) is 22.7 Å². The molecule has 3 rings (SSSR count). The molecule has 0 fully saturated rings. The molecule has 128 valence electrons. The van der Waals surface area contributed by atoms with Crippen LogP contribution in [-0.2, 0) is 9.53 Å². The summed E-state index contributed by atoms with van der Waals surface area (Å²) in [5.74, 6) is -0.893. The van der Waals surface area contributed by atoms with Gasteiger partial charge in [0.25, 0.3) is 5.91 Å². The summed E-state index contributed by atoms with van der Waals surface area (Å²) in [5.41, 5.74) is 2.61. The fraction of sp³-hybridized carbons (Fsp3) is 0.167. The highest BCUT2D eigenvalue weighted by molar-refractivity contribution is 7.14. The number of amides is 1. The van der Waals surface area contributed by atoms with Crippen LogP contribution in [0.2, 0.25) is 0 Å². The molecule has 0 saturated heterocycles. The topological polar surface area (TPSA) is 68.3 Å². The zero-order valence-electron chi connectivity index (χ0n) is 13.7. The first-order valence-corrected chi connectivity index (χ1v) is 9.37. The number of carbonyl (C=O) groups excluding carboxylic acids is 2. The van der Waals surface area contributed by atoms with E-state index in [0.29, 0.717) is 10.0 Å². The number of nitrogens with zero attached hydrogens (tertiary/aromatic N) is 1. The van der Waals surface area contributed by atoms with Crippen LogP contribution in [0.3, 0.4) is 0 Å². The minimum atomic E-state index is -0.905. The number of esters is 1. The number of rotatable bonds is 5. The number of aryl methyl sites for hydroxylation is 1. The predicted octanol–water partition coefficient (Wildman–Crippen LogP) is 4.36. The molecule has 0 bridgehead atoms. The van der Waals surface area contributed by atoms with Gasteiger partial charge in [-0.25, -0.2) is 9.78 Å². The van der Waals surface area contributed by atoms with Crippen molar-refractivity contribution in [3.05, 3.63) is 57.6 Å². The van der Waals surface area contributed by atoms with Crippen molar-refractivity contribution in [2.45, 2.75) is 20.0 Å². The zero-order chi connectivity index (χ0) is 17.8. The number of carbonyl (C=O) groups is 2. The molecule has 0 spiro atoms. The van der Waals surface area contributed by atoms with Crippen LogP contribution in [-0.4, -0.2) is 23.0 Å². The van der Waals surface area contributed by atoms with Crippen molar-refractivity contribution in [2.24, 2.45) is 0 Å². The van der Waals surface area contributed by atoms with Gasteiger partial charge in [0.05, 0.1) is 5.69 Å². The van der Waals surface area contributed by atoms with Gasteiger partial charge in [0.15, 0.2) is 11.2 Å².